The van der Waals surface area contributed by atoms with Crippen LogP contribution in [-0.4, -0.2) is 18.6 Å². The van der Waals surface area contributed by atoms with Gasteiger partial charge < -0.3 is 5.73 Å². The van der Waals surface area contributed by atoms with Crippen molar-refractivity contribution in [1.82, 2.24) is 10.2 Å². The minimum Gasteiger partial charge on any atom is -0.399 e. The lowest BCUT2D eigenvalue weighted by Gasteiger charge is -2.07. The third-order valence-corrected chi connectivity index (χ3v) is 5.65. The van der Waals surface area contributed by atoms with Gasteiger partial charge in [-0.2, -0.15) is 13.2 Å². The van der Waals surface area contributed by atoms with Gasteiger partial charge in [0.25, 0.3) is 10.0 Å². The van der Waals surface area contributed by atoms with Crippen molar-refractivity contribution in [2.45, 2.75) is 11.1 Å². The van der Waals surface area contributed by atoms with Crippen LogP contribution in [0, 0.1) is 0 Å². The molecule has 0 fully saturated rings. The van der Waals surface area contributed by atoms with Crippen LogP contribution in [0.1, 0.15) is 5.56 Å². The van der Waals surface area contributed by atoms with E-state index in [-0.39, 0.29) is 20.6 Å². The Morgan fingerprint density at radius 1 is 1.04 bits per heavy atom. The SMILES string of the molecule is Nc1ccc(S(=O)(=O)Nc2nnc(-c3cccc(C(F)(F)F)c3)s2)cc1. The van der Waals surface area contributed by atoms with E-state index in [2.05, 4.69) is 14.9 Å². The molecule has 11 heteroatoms. The Morgan fingerprint density at radius 2 is 1.73 bits per heavy atom. The molecule has 6 nitrogen and oxygen atoms in total. The average molecular weight is 400 g/mol. The van der Waals surface area contributed by atoms with E-state index in [1.165, 1.54) is 36.4 Å². The number of hydrogen-bond donors (Lipinski definition) is 2. The van der Waals surface area contributed by atoms with E-state index in [0.29, 0.717) is 5.69 Å². The quantitative estimate of drug-likeness (QED) is 0.652. The molecule has 0 aliphatic carbocycles. The number of nitrogens with one attached hydrogen (secondary N) is 1. The van der Waals surface area contributed by atoms with E-state index in [9.17, 15) is 21.6 Å². The van der Waals surface area contributed by atoms with Gasteiger partial charge >= 0.3 is 6.18 Å². The summed E-state index contributed by atoms with van der Waals surface area (Å²) >= 11 is 0.825. The minimum atomic E-state index is -4.49. The number of halogens is 3. The molecule has 2 aromatic carbocycles. The number of alkyl halides is 3. The molecule has 1 heterocycles. The molecule has 3 aromatic rings. The Kier molecular flexibility index (Phi) is 4.59. The highest BCUT2D eigenvalue weighted by molar-refractivity contribution is 7.93. The van der Waals surface area contributed by atoms with Crippen LogP contribution in [0.2, 0.25) is 0 Å². The van der Waals surface area contributed by atoms with E-state index < -0.39 is 21.8 Å². The minimum absolute atomic E-state index is 0.0254. The van der Waals surface area contributed by atoms with Gasteiger partial charge in [-0.3, -0.25) is 4.72 Å². The lowest BCUT2D eigenvalue weighted by Crippen LogP contribution is -2.12. The first-order chi connectivity index (χ1) is 12.1. The third kappa shape index (κ3) is 3.94. The Morgan fingerprint density at radius 3 is 2.38 bits per heavy atom. The number of aromatic nitrogens is 2. The van der Waals surface area contributed by atoms with E-state index >= 15 is 0 Å². The molecule has 0 unspecified atom stereocenters. The molecule has 0 bridgehead atoms. The van der Waals surface area contributed by atoms with Gasteiger partial charge in [0.2, 0.25) is 5.13 Å². The lowest BCUT2D eigenvalue weighted by atomic mass is 10.1. The van der Waals surface area contributed by atoms with Gasteiger partial charge in [0.15, 0.2) is 0 Å². The second-order valence-corrected chi connectivity index (χ2v) is 7.83. The lowest BCUT2D eigenvalue weighted by molar-refractivity contribution is -0.137. The fourth-order valence-corrected chi connectivity index (χ4v) is 4.00. The van der Waals surface area contributed by atoms with Crippen LogP contribution >= 0.6 is 11.3 Å². The number of hydrogen-bond acceptors (Lipinski definition) is 6. The van der Waals surface area contributed by atoms with E-state index in [1.807, 2.05) is 0 Å². The van der Waals surface area contributed by atoms with Crippen LogP contribution in [0.15, 0.2) is 53.4 Å². The maximum absolute atomic E-state index is 12.8. The highest BCUT2D eigenvalue weighted by atomic mass is 32.2. The van der Waals surface area contributed by atoms with Crippen molar-refractivity contribution >= 4 is 32.2 Å². The predicted molar refractivity (Wildman–Crippen MR) is 92.0 cm³/mol. The molecule has 26 heavy (non-hydrogen) atoms. The first-order valence-corrected chi connectivity index (χ1v) is 9.35. The maximum Gasteiger partial charge on any atom is 0.416 e. The van der Waals surface area contributed by atoms with Crippen LogP contribution in [0.4, 0.5) is 24.0 Å². The molecule has 3 rings (SSSR count). The summed E-state index contributed by atoms with van der Waals surface area (Å²) in [4.78, 5) is -0.0254. The summed E-state index contributed by atoms with van der Waals surface area (Å²) < 4.78 is 65.2. The highest BCUT2D eigenvalue weighted by Gasteiger charge is 2.30. The molecular formula is C15H11F3N4O2S2. The molecule has 3 N–H and O–H groups in total. The molecule has 0 atom stereocenters. The first kappa shape index (κ1) is 18.1. The summed E-state index contributed by atoms with van der Waals surface area (Å²) in [5, 5.41) is 7.54. The Balaban J connectivity index is 1.85. The van der Waals surface area contributed by atoms with Gasteiger partial charge in [0.05, 0.1) is 10.5 Å². The molecule has 0 radical (unpaired) electrons. The van der Waals surface area contributed by atoms with Crippen molar-refractivity contribution in [1.29, 1.82) is 0 Å². The molecule has 0 amide bonds. The summed E-state index contributed by atoms with van der Waals surface area (Å²) in [5.74, 6) is 0. The topological polar surface area (TPSA) is 98.0 Å². The number of rotatable bonds is 4. The second kappa shape index (κ2) is 6.57. The molecule has 0 spiro atoms. The van der Waals surface area contributed by atoms with Crippen molar-refractivity contribution in [2.75, 3.05) is 10.5 Å². The fourth-order valence-electron chi connectivity index (χ4n) is 2.03. The number of anilines is 2. The first-order valence-electron chi connectivity index (χ1n) is 7.05. The summed E-state index contributed by atoms with van der Waals surface area (Å²) in [6, 6.07) is 10.1. The maximum atomic E-state index is 12.8. The molecule has 136 valence electrons. The van der Waals surface area contributed by atoms with Gasteiger partial charge in [-0.25, -0.2) is 8.42 Å². The predicted octanol–water partition coefficient (Wildman–Crippen LogP) is 3.61. The smallest absolute Gasteiger partial charge is 0.399 e. The number of benzene rings is 2. The van der Waals surface area contributed by atoms with Crippen molar-refractivity contribution in [3.63, 3.8) is 0 Å². The zero-order chi connectivity index (χ0) is 18.9. The highest BCUT2D eigenvalue weighted by Crippen LogP contribution is 2.34. The standard InChI is InChI=1S/C15H11F3N4O2S2/c16-15(17,18)10-3-1-2-9(8-10)13-20-21-14(25-13)22-26(23,24)12-6-4-11(19)5-7-12/h1-8H,19H2,(H,21,22). The van der Waals surface area contributed by atoms with Crippen molar-refractivity contribution in [3.05, 3.63) is 54.1 Å². The molecule has 0 aliphatic heterocycles. The normalized spacial score (nSPS) is 12.1. The van der Waals surface area contributed by atoms with Crippen molar-refractivity contribution in [2.24, 2.45) is 0 Å². The van der Waals surface area contributed by atoms with Gasteiger partial charge in [-0.1, -0.05) is 23.5 Å². The molecule has 0 saturated heterocycles. The molecule has 0 aliphatic rings. The number of nitrogens with zero attached hydrogens (tertiary/aromatic N) is 2. The largest absolute Gasteiger partial charge is 0.416 e. The van der Waals surface area contributed by atoms with Crippen LogP contribution < -0.4 is 10.5 Å². The number of nitrogens with two attached hydrogens (primary N) is 1. The zero-order valence-electron chi connectivity index (χ0n) is 12.9. The molecule has 1 aromatic heterocycles. The summed E-state index contributed by atoms with van der Waals surface area (Å²) in [7, 11) is -3.91. The molecule has 0 saturated carbocycles. The average Bonchev–Trinajstić information content (AvgIpc) is 3.02. The summed E-state index contributed by atoms with van der Waals surface area (Å²) in [5.41, 5.74) is 5.29. The van der Waals surface area contributed by atoms with E-state index in [0.717, 1.165) is 23.5 Å². The van der Waals surface area contributed by atoms with Gasteiger partial charge in [0.1, 0.15) is 5.01 Å². The third-order valence-electron chi connectivity index (χ3n) is 3.27. The van der Waals surface area contributed by atoms with Gasteiger partial charge in [-0.15, -0.1) is 10.2 Å². The van der Waals surface area contributed by atoms with Crippen LogP contribution in [0.3, 0.4) is 0 Å². The van der Waals surface area contributed by atoms with E-state index in [4.69, 9.17) is 5.73 Å². The Labute approximate surface area is 150 Å². The summed E-state index contributed by atoms with van der Waals surface area (Å²) in [6.45, 7) is 0. The van der Waals surface area contributed by atoms with Gasteiger partial charge in [-0.05, 0) is 36.4 Å². The summed E-state index contributed by atoms with van der Waals surface area (Å²) in [6.07, 6.45) is -4.49. The van der Waals surface area contributed by atoms with Crippen LogP contribution in [-0.2, 0) is 16.2 Å². The molecular weight excluding hydrogens is 389 g/mol. The van der Waals surface area contributed by atoms with Crippen molar-refractivity contribution in [3.8, 4) is 10.6 Å². The Bertz CT molecular complexity index is 1030. The van der Waals surface area contributed by atoms with Crippen LogP contribution in [0.25, 0.3) is 10.6 Å². The second-order valence-electron chi connectivity index (χ2n) is 5.17. The van der Waals surface area contributed by atoms with Crippen molar-refractivity contribution < 1.29 is 21.6 Å². The number of sulfonamides is 1. The van der Waals surface area contributed by atoms with E-state index in [1.54, 1.807) is 0 Å². The van der Waals surface area contributed by atoms with Crippen LogP contribution in [0.5, 0.6) is 0 Å². The van der Waals surface area contributed by atoms with Gasteiger partial charge in [0, 0.05) is 11.3 Å². The monoisotopic (exact) mass is 400 g/mol. The number of nitrogen functional groups attached to an aromatic ring is 1. The Hall–Kier alpha value is -2.66. The fraction of sp³-hybridized carbons (Fsp3) is 0.0667. The zero-order valence-corrected chi connectivity index (χ0v) is 14.5.